The Balaban J connectivity index is 2.14. The van der Waals surface area contributed by atoms with Crippen molar-refractivity contribution in [2.45, 2.75) is 6.92 Å². The quantitative estimate of drug-likeness (QED) is 0.728. The number of aromatic nitrogens is 2. The van der Waals surface area contributed by atoms with Gasteiger partial charge in [0.05, 0.1) is 5.69 Å². The van der Waals surface area contributed by atoms with Crippen LogP contribution in [0.2, 0.25) is 0 Å². The van der Waals surface area contributed by atoms with E-state index in [4.69, 9.17) is 18.0 Å². The van der Waals surface area contributed by atoms with Gasteiger partial charge >= 0.3 is 0 Å². The summed E-state index contributed by atoms with van der Waals surface area (Å²) in [6.45, 7) is 1.97. The SMILES string of the molecule is Cc1cc(Nc2ccc(C(N)=S)c3ccccc23)n(C)n1. The maximum atomic E-state index is 5.81. The van der Waals surface area contributed by atoms with Crippen molar-refractivity contribution in [2.24, 2.45) is 12.8 Å². The summed E-state index contributed by atoms with van der Waals surface area (Å²) in [6, 6.07) is 14.0. The molecule has 0 radical (unpaired) electrons. The molecule has 0 fully saturated rings. The summed E-state index contributed by atoms with van der Waals surface area (Å²) in [7, 11) is 1.92. The molecule has 0 aliphatic rings. The van der Waals surface area contributed by atoms with Crippen LogP contribution >= 0.6 is 12.2 Å². The molecule has 0 spiro atoms. The minimum atomic E-state index is 0.411. The molecule has 0 bridgehead atoms. The second kappa shape index (κ2) is 5.18. The molecule has 0 atom stereocenters. The minimum absolute atomic E-state index is 0.411. The summed E-state index contributed by atoms with van der Waals surface area (Å²) >= 11 is 5.13. The van der Waals surface area contributed by atoms with Crippen LogP contribution in [0.4, 0.5) is 11.5 Å². The van der Waals surface area contributed by atoms with Crippen LogP contribution in [0.25, 0.3) is 10.8 Å². The number of benzene rings is 2. The highest BCUT2D eigenvalue weighted by Gasteiger charge is 2.09. The number of anilines is 2. The smallest absolute Gasteiger partial charge is 0.128 e. The first-order valence-corrected chi connectivity index (χ1v) is 7.06. The Morgan fingerprint density at radius 1 is 1.19 bits per heavy atom. The van der Waals surface area contributed by atoms with E-state index in [0.29, 0.717) is 4.99 Å². The second-order valence-electron chi connectivity index (χ2n) is 4.99. The fourth-order valence-electron chi connectivity index (χ4n) is 2.49. The first-order chi connectivity index (χ1) is 10.1. The average molecular weight is 296 g/mol. The molecule has 1 heterocycles. The summed E-state index contributed by atoms with van der Waals surface area (Å²) < 4.78 is 1.82. The molecule has 0 unspecified atom stereocenters. The normalized spacial score (nSPS) is 10.8. The summed E-state index contributed by atoms with van der Waals surface area (Å²) in [4.78, 5) is 0.411. The van der Waals surface area contributed by atoms with Gasteiger partial charge in [-0.3, -0.25) is 4.68 Å². The van der Waals surface area contributed by atoms with Gasteiger partial charge in [0.2, 0.25) is 0 Å². The molecule has 3 aromatic rings. The fraction of sp³-hybridized carbons (Fsp3) is 0.125. The van der Waals surface area contributed by atoms with Crippen molar-refractivity contribution in [1.82, 2.24) is 9.78 Å². The third-order valence-corrected chi connectivity index (χ3v) is 3.67. The molecule has 5 heteroatoms. The van der Waals surface area contributed by atoms with Crippen molar-refractivity contribution in [3.63, 3.8) is 0 Å². The Kier molecular flexibility index (Phi) is 3.35. The topological polar surface area (TPSA) is 55.9 Å². The van der Waals surface area contributed by atoms with E-state index in [1.165, 1.54) is 0 Å². The summed E-state index contributed by atoms with van der Waals surface area (Å²) in [5, 5.41) is 9.90. The summed E-state index contributed by atoms with van der Waals surface area (Å²) in [6.07, 6.45) is 0. The first kappa shape index (κ1) is 13.6. The van der Waals surface area contributed by atoms with Gasteiger partial charge in [0.15, 0.2) is 0 Å². The number of nitrogens with one attached hydrogen (secondary N) is 1. The van der Waals surface area contributed by atoms with Crippen molar-refractivity contribution >= 4 is 39.5 Å². The van der Waals surface area contributed by atoms with Crippen LogP contribution in [-0.2, 0) is 7.05 Å². The number of thiocarbonyl (C=S) groups is 1. The third-order valence-electron chi connectivity index (χ3n) is 3.45. The van der Waals surface area contributed by atoms with Gasteiger partial charge in [0.25, 0.3) is 0 Å². The second-order valence-corrected chi connectivity index (χ2v) is 5.43. The molecule has 0 saturated heterocycles. The van der Waals surface area contributed by atoms with Crippen LogP contribution < -0.4 is 11.1 Å². The molecule has 106 valence electrons. The van der Waals surface area contributed by atoms with E-state index in [9.17, 15) is 0 Å². The van der Waals surface area contributed by atoms with Gasteiger partial charge in [0, 0.05) is 29.8 Å². The van der Waals surface area contributed by atoms with Gasteiger partial charge < -0.3 is 11.1 Å². The summed E-state index contributed by atoms with van der Waals surface area (Å²) in [5.74, 6) is 0.945. The van der Waals surface area contributed by atoms with E-state index in [-0.39, 0.29) is 0 Å². The molecule has 4 nitrogen and oxygen atoms in total. The highest BCUT2D eigenvalue weighted by Crippen LogP contribution is 2.29. The lowest BCUT2D eigenvalue weighted by Crippen LogP contribution is -2.10. The molecule has 1 aromatic heterocycles. The summed E-state index contributed by atoms with van der Waals surface area (Å²) in [5.41, 5.74) is 8.69. The molecule has 3 rings (SSSR count). The third kappa shape index (κ3) is 2.48. The molecular weight excluding hydrogens is 280 g/mol. The van der Waals surface area contributed by atoms with E-state index < -0.39 is 0 Å². The standard InChI is InChI=1S/C16H16N4S/c1-10-9-15(20(2)19-10)18-14-8-7-13(16(17)21)11-5-3-4-6-12(11)14/h3-9,18H,1-2H3,(H2,17,21). The van der Waals surface area contributed by atoms with E-state index in [2.05, 4.69) is 16.5 Å². The number of aryl methyl sites for hydroxylation is 2. The van der Waals surface area contributed by atoms with Gasteiger partial charge in [-0.2, -0.15) is 5.10 Å². The maximum Gasteiger partial charge on any atom is 0.128 e. The molecule has 2 aromatic carbocycles. The largest absolute Gasteiger partial charge is 0.389 e. The van der Waals surface area contributed by atoms with Crippen LogP contribution in [0.3, 0.4) is 0 Å². The molecule has 3 N–H and O–H groups in total. The van der Waals surface area contributed by atoms with Crippen molar-refractivity contribution in [2.75, 3.05) is 5.32 Å². The first-order valence-electron chi connectivity index (χ1n) is 6.65. The molecule has 21 heavy (non-hydrogen) atoms. The molecule has 0 amide bonds. The van der Waals surface area contributed by atoms with Gasteiger partial charge in [0.1, 0.15) is 10.8 Å². The number of rotatable bonds is 3. The van der Waals surface area contributed by atoms with Crippen LogP contribution in [0.15, 0.2) is 42.5 Å². The average Bonchev–Trinajstić information content (AvgIpc) is 2.77. The van der Waals surface area contributed by atoms with Crippen LogP contribution in [-0.4, -0.2) is 14.8 Å². The fourth-order valence-corrected chi connectivity index (χ4v) is 2.67. The van der Waals surface area contributed by atoms with Gasteiger partial charge in [-0.25, -0.2) is 0 Å². The molecule has 0 saturated carbocycles. The molecule has 0 aliphatic heterocycles. The van der Waals surface area contributed by atoms with Crippen LogP contribution in [0.5, 0.6) is 0 Å². The Hall–Kier alpha value is -2.40. The number of nitrogens with zero attached hydrogens (tertiary/aromatic N) is 2. The zero-order valence-corrected chi connectivity index (χ0v) is 12.7. The van der Waals surface area contributed by atoms with E-state index in [1.807, 2.05) is 55.1 Å². The van der Waals surface area contributed by atoms with Crippen molar-refractivity contribution in [1.29, 1.82) is 0 Å². The zero-order chi connectivity index (χ0) is 15.0. The van der Waals surface area contributed by atoms with Gasteiger partial charge in [-0.1, -0.05) is 36.5 Å². The van der Waals surface area contributed by atoms with Gasteiger partial charge in [-0.05, 0) is 24.4 Å². The number of hydrogen-bond donors (Lipinski definition) is 2. The Morgan fingerprint density at radius 3 is 2.52 bits per heavy atom. The Bertz CT molecular complexity index is 835. The van der Waals surface area contributed by atoms with E-state index >= 15 is 0 Å². The van der Waals surface area contributed by atoms with Gasteiger partial charge in [-0.15, -0.1) is 0 Å². The monoisotopic (exact) mass is 296 g/mol. The van der Waals surface area contributed by atoms with Crippen molar-refractivity contribution in [3.8, 4) is 0 Å². The number of hydrogen-bond acceptors (Lipinski definition) is 3. The van der Waals surface area contributed by atoms with Crippen molar-refractivity contribution in [3.05, 3.63) is 53.7 Å². The lowest BCUT2D eigenvalue weighted by Gasteiger charge is -2.12. The predicted molar refractivity (Wildman–Crippen MR) is 91.1 cm³/mol. The number of fused-ring (bicyclic) bond motifs is 1. The van der Waals surface area contributed by atoms with E-state index in [1.54, 1.807) is 0 Å². The highest BCUT2D eigenvalue weighted by atomic mass is 32.1. The van der Waals surface area contributed by atoms with Crippen molar-refractivity contribution < 1.29 is 0 Å². The number of nitrogens with two attached hydrogens (primary N) is 1. The molecular formula is C16H16N4S. The predicted octanol–water partition coefficient (Wildman–Crippen LogP) is 3.26. The van der Waals surface area contributed by atoms with Crippen LogP contribution in [0, 0.1) is 6.92 Å². The lowest BCUT2D eigenvalue weighted by molar-refractivity contribution is 0.765. The minimum Gasteiger partial charge on any atom is -0.389 e. The Morgan fingerprint density at radius 2 is 1.90 bits per heavy atom. The maximum absolute atomic E-state index is 5.81. The highest BCUT2D eigenvalue weighted by molar-refractivity contribution is 7.80. The van der Waals surface area contributed by atoms with Crippen LogP contribution in [0.1, 0.15) is 11.3 Å². The Labute approximate surface area is 128 Å². The van der Waals surface area contributed by atoms with E-state index in [0.717, 1.165) is 33.5 Å². The lowest BCUT2D eigenvalue weighted by atomic mass is 10.0. The zero-order valence-electron chi connectivity index (χ0n) is 11.9. The molecule has 0 aliphatic carbocycles.